The number of nitrogens with one attached hydrogen (secondary N) is 1. The van der Waals surface area contributed by atoms with Crippen LogP contribution < -0.4 is 10.2 Å². The minimum Gasteiger partial charge on any atom is -0.329 e. The maximum atomic E-state index is 13.5. The number of rotatable bonds is 4. The third-order valence-electron chi connectivity index (χ3n) is 6.27. The van der Waals surface area contributed by atoms with E-state index in [1.807, 2.05) is 49.5 Å². The first kappa shape index (κ1) is 21.3. The van der Waals surface area contributed by atoms with Crippen molar-refractivity contribution in [3.8, 4) is 11.1 Å². The molecular formula is C25H20ClN5O2S. The predicted octanol–water partition coefficient (Wildman–Crippen LogP) is 4.96. The van der Waals surface area contributed by atoms with Crippen molar-refractivity contribution in [2.24, 2.45) is 0 Å². The number of carbonyl (C=O) groups is 2. The van der Waals surface area contributed by atoms with Gasteiger partial charge < -0.3 is 5.32 Å². The van der Waals surface area contributed by atoms with Gasteiger partial charge in [-0.25, -0.2) is 9.69 Å². The van der Waals surface area contributed by atoms with Crippen LogP contribution in [-0.2, 0) is 4.79 Å². The zero-order valence-corrected chi connectivity index (χ0v) is 19.8. The Morgan fingerprint density at radius 3 is 2.79 bits per heavy atom. The molecule has 1 saturated carbocycles. The molecule has 0 radical (unpaired) electrons. The van der Waals surface area contributed by atoms with Gasteiger partial charge in [0.15, 0.2) is 0 Å². The number of urea groups is 1. The molecule has 1 saturated heterocycles. The number of benzene rings is 1. The fourth-order valence-corrected chi connectivity index (χ4v) is 6.15. The van der Waals surface area contributed by atoms with E-state index in [2.05, 4.69) is 20.5 Å². The van der Waals surface area contributed by atoms with Crippen LogP contribution in [0, 0.1) is 6.92 Å². The number of hydrogen-bond donors (Lipinski definition) is 1. The van der Waals surface area contributed by atoms with Gasteiger partial charge in [-0.1, -0.05) is 23.7 Å². The summed E-state index contributed by atoms with van der Waals surface area (Å²) in [6.07, 6.45) is 9.24. The molecule has 34 heavy (non-hydrogen) atoms. The Morgan fingerprint density at radius 1 is 1.15 bits per heavy atom. The van der Waals surface area contributed by atoms with E-state index in [0.717, 1.165) is 45.7 Å². The number of carbonyl (C=O) groups excluding carboxylic acids is 2. The van der Waals surface area contributed by atoms with Crippen molar-refractivity contribution in [1.29, 1.82) is 0 Å². The van der Waals surface area contributed by atoms with Gasteiger partial charge in [-0.3, -0.25) is 9.78 Å². The molecule has 6 rings (SSSR count). The van der Waals surface area contributed by atoms with Crippen molar-refractivity contribution in [1.82, 2.24) is 20.5 Å². The Kier molecular flexibility index (Phi) is 5.15. The quantitative estimate of drug-likeness (QED) is 0.557. The van der Waals surface area contributed by atoms with Gasteiger partial charge in [0.1, 0.15) is 5.25 Å². The molecule has 1 N–H and O–H groups in total. The van der Waals surface area contributed by atoms with Crippen molar-refractivity contribution in [2.45, 2.75) is 37.0 Å². The van der Waals surface area contributed by atoms with E-state index in [4.69, 9.17) is 11.6 Å². The molecule has 0 spiro atoms. The molecule has 9 heteroatoms. The number of hydrogen-bond acceptors (Lipinski definition) is 6. The largest absolute Gasteiger partial charge is 0.329 e. The third-order valence-corrected chi connectivity index (χ3v) is 7.93. The van der Waals surface area contributed by atoms with E-state index in [0.29, 0.717) is 16.6 Å². The molecule has 2 aliphatic heterocycles. The van der Waals surface area contributed by atoms with Crippen molar-refractivity contribution in [3.05, 3.63) is 76.8 Å². The van der Waals surface area contributed by atoms with Gasteiger partial charge in [-0.2, -0.15) is 10.2 Å². The van der Waals surface area contributed by atoms with Crippen LogP contribution in [0.15, 0.2) is 55.0 Å². The van der Waals surface area contributed by atoms with Crippen LogP contribution >= 0.6 is 23.4 Å². The Labute approximate surface area is 205 Å². The summed E-state index contributed by atoms with van der Waals surface area (Å²) in [5.74, 6) is 0.219. The summed E-state index contributed by atoms with van der Waals surface area (Å²) < 4.78 is 0. The number of imide groups is 1. The van der Waals surface area contributed by atoms with E-state index in [-0.39, 0.29) is 5.91 Å². The lowest BCUT2D eigenvalue weighted by molar-refractivity contribution is -0.118. The normalized spacial score (nSPS) is 21.8. The summed E-state index contributed by atoms with van der Waals surface area (Å²) in [7, 11) is 0. The Bertz CT molecular complexity index is 1370. The zero-order valence-electron chi connectivity index (χ0n) is 18.2. The summed E-state index contributed by atoms with van der Waals surface area (Å²) in [4.78, 5) is 32.8. The maximum Gasteiger partial charge on any atom is 0.329 e. The number of anilines is 1. The van der Waals surface area contributed by atoms with Crippen LogP contribution in [0.3, 0.4) is 0 Å². The van der Waals surface area contributed by atoms with Gasteiger partial charge in [0.2, 0.25) is 0 Å². The van der Waals surface area contributed by atoms with E-state index in [1.165, 1.54) is 16.7 Å². The van der Waals surface area contributed by atoms with Crippen molar-refractivity contribution < 1.29 is 9.59 Å². The summed E-state index contributed by atoms with van der Waals surface area (Å²) in [6, 6.07) is 8.68. The second-order valence-corrected chi connectivity index (χ2v) is 10.3. The van der Waals surface area contributed by atoms with Crippen LogP contribution in [0.2, 0.25) is 5.02 Å². The number of nitrogens with zero attached hydrogens (tertiary/aromatic N) is 4. The van der Waals surface area contributed by atoms with Crippen molar-refractivity contribution >= 4 is 45.9 Å². The lowest BCUT2D eigenvalue weighted by Gasteiger charge is -2.33. The second-order valence-electron chi connectivity index (χ2n) is 8.72. The van der Waals surface area contributed by atoms with Crippen LogP contribution in [0.25, 0.3) is 16.0 Å². The topological polar surface area (TPSA) is 88.1 Å². The van der Waals surface area contributed by atoms with Crippen molar-refractivity contribution in [2.75, 3.05) is 4.90 Å². The first-order valence-corrected chi connectivity index (χ1v) is 12.3. The fourth-order valence-electron chi connectivity index (χ4n) is 4.49. The summed E-state index contributed by atoms with van der Waals surface area (Å²) in [5.41, 5.74) is 4.99. The number of halogens is 1. The fraction of sp³-hybridized carbons (Fsp3) is 0.240. The Balaban J connectivity index is 1.34. The molecule has 170 valence electrons. The Morgan fingerprint density at radius 2 is 2.00 bits per heavy atom. The van der Waals surface area contributed by atoms with Crippen molar-refractivity contribution in [3.63, 3.8) is 0 Å². The summed E-state index contributed by atoms with van der Waals surface area (Å²) in [5, 5.41) is 11.2. The molecule has 1 aromatic carbocycles. The van der Waals surface area contributed by atoms with Crippen LogP contribution in [-0.4, -0.2) is 38.4 Å². The molecule has 7 nitrogen and oxygen atoms in total. The molecule has 4 heterocycles. The van der Waals surface area contributed by atoms with Gasteiger partial charge in [-0.15, -0.1) is 11.8 Å². The minimum atomic E-state index is -0.487. The van der Waals surface area contributed by atoms with E-state index < -0.39 is 17.3 Å². The molecule has 2 fully saturated rings. The molecule has 3 aliphatic rings. The smallest absolute Gasteiger partial charge is 0.329 e. The molecule has 1 aliphatic carbocycles. The van der Waals surface area contributed by atoms with Gasteiger partial charge >= 0.3 is 6.03 Å². The predicted molar refractivity (Wildman–Crippen MR) is 133 cm³/mol. The SMILES string of the molecule is Cc1cc(-c2cccc(Cl)c2C2=CC3NC(=O)N(c4cncc(C5CC5)c4)C(=O)C3S2)cnn1. The monoisotopic (exact) mass is 489 g/mol. The maximum absolute atomic E-state index is 13.5. The highest BCUT2D eigenvalue weighted by Gasteiger charge is 2.46. The van der Waals surface area contributed by atoms with E-state index in [1.54, 1.807) is 12.4 Å². The standard InChI is InChI=1S/C25H20ClN5O2S/c1-13-7-16(11-28-30-13)18-3-2-4-19(26)22(18)21-9-20-23(34-21)24(32)31(25(33)29-20)17-8-15(10-27-12-17)14-5-6-14/h2-4,7-12,14,20,23H,5-6H2,1H3,(H,29,33). The number of aromatic nitrogens is 3. The van der Waals surface area contributed by atoms with Gasteiger partial charge in [0, 0.05) is 27.3 Å². The average Bonchev–Trinajstić information content (AvgIpc) is 3.59. The Hall–Kier alpha value is -3.23. The highest BCUT2D eigenvalue weighted by Crippen LogP contribution is 2.47. The lowest BCUT2D eigenvalue weighted by Crippen LogP contribution is -2.60. The molecule has 2 unspecified atom stereocenters. The summed E-state index contributed by atoms with van der Waals surface area (Å²) in [6.45, 7) is 1.88. The third kappa shape index (κ3) is 3.67. The lowest BCUT2D eigenvalue weighted by atomic mass is 9.99. The number of aryl methyl sites for hydroxylation is 1. The van der Waals surface area contributed by atoms with Gasteiger partial charge in [-0.05, 0) is 61.1 Å². The molecule has 2 aromatic heterocycles. The molecule has 3 amide bonds. The average molecular weight is 490 g/mol. The van der Waals surface area contributed by atoms with E-state index in [9.17, 15) is 9.59 Å². The van der Waals surface area contributed by atoms with Gasteiger partial charge in [0.05, 0.1) is 29.8 Å². The molecule has 0 bridgehead atoms. The highest BCUT2D eigenvalue weighted by molar-refractivity contribution is 8.09. The molecule has 3 aromatic rings. The van der Waals surface area contributed by atoms with Gasteiger partial charge in [0.25, 0.3) is 5.91 Å². The number of amides is 3. The van der Waals surface area contributed by atoms with E-state index >= 15 is 0 Å². The minimum absolute atomic E-state index is 0.255. The first-order chi connectivity index (χ1) is 16.5. The number of fused-ring (bicyclic) bond motifs is 1. The second kappa shape index (κ2) is 8.21. The zero-order chi connectivity index (χ0) is 23.4. The molecular weight excluding hydrogens is 470 g/mol. The van der Waals surface area contributed by atoms with Crippen LogP contribution in [0.1, 0.15) is 35.6 Å². The summed E-state index contributed by atoms with van der Waals surface area (Å²) >= 11 is 8.08. The molecule has 2 atom stereocenters. The van der Waals surface area contributed by atoms with Crippen LogP contribution in [0.5, 0.6) is 0 Å². The first-order valence-electron chi connectivity index (χ1n) is 11.1. The number of pyridine rings is 1. The van der Waals surface area contributed by atoms with Crippen LogP contribution in [0.4, 0.5) is 10.5 Å². The number of thioether (sulfide) groups is 1. The highest BCUT2D eigenvalue weighted by atomic mass is 35.5.